The Morgan fingerprint density at radius 1 is 1.00 bits per heavy atom. The van der Waals surface area contributed by atoms with E-state index < -0.39 is 16.0 Å². The third-order valence-electron chi connectivity index (χ3n) is 4.90. The topological polar surface area (TPSA) is 66.9 Å². The third kappa shape index (κ3) is 4.21. The molecule has 1 heterocycles. The van der Waals surface area contributed by atoms with E-state index in [9.17, 15) is 13.2 Å². The second-order valence-electron chi connectivity index (χ2n) is 6.59. The number of sulfonamides is 1. The molecule has 2 aromatic rings. The van der Waals surface area contributed by atoms with Gasteiger partial charge in [0, 0.05) is 32.7 Å². The lowest BCUT2D eigenvalue weighted by Gasteiger charge is -2.34. The van der Waals surface area contributed by atoms with E-state index in [2.05, 4.69) is 24.0 Å². The Bertz CT molecular complexity index is 919. The van der Waals surface area contributed by atoms with Gasteiger partial charge in [-0.25, -0.2) is 13.2 Å². The molecule has 0 aliphatic carbocycles. The Morgan fingerprint density at radius 3 is 2.30 bits per heavy atom. The molecule has 1 aliphatic heterocycles. The smallest absolute Gasteiger partial charge is 0.339 e. The van der Waals surface area contributed by atoms with Crippen LogP contribution in [-0.2, 0) is 21.3 Å². The fourth-order valence-electron chi connectivity index (χ4n) is 3.27. The standard InChI is InChI=1S/C20H24N2O4S/c1-16-7-3-4-8-17(16)15-21-11-13-22(14-12-21)27(24,25)19-10-6-5-9-18(19)20(23)26-2/h3-10H,11-15H2,1-2H3. The van der Waals surface area contributed by atoms with Crippen molar-refractivity contribution in [1.82, 2.24) is 9.21 Å². The summed E-state index contributed by atoms with van der Waals surface area (Å²) >= 11 is 0. The number of nitrogens with zero attached hydrogens (tertiary/aromatic N) is 2. The lowest BCUT2D eigenvalue weighted by atomic mass is 10.1. The van der Waals surface area contributed by atoms with Crippen molar-refractivity contribution in [1.29, 1.82) is 0 Å². The molecule has 3 rings (SSSR count). The van der Waals surface area contributed by atoms with Crippen LogP contribution in [0.5, 0.6) is 0 Å². The largest absolute Gasteiger partial charge is 0.465 e. The number of methoxy groups -OCH3 is 1. The number of aryl methyl sites for hydroxylation is 1. The number of rotatable bonds is 5. The average molecular weight is 388 g/mol. The maximum atomic E-state index is 13.0. The summed E-state index contributed by atoms with van der Waals surface area (Å²) < 4.78 is 32.3. The van der Waals surface area contributed by atoms with E-state index in [0.717, 1.165) is 6.54 Å². The van der Waals surface area contributed by atoms with Crippen LogP contribution in [0.1, 0.15) is 21.5 Å². The Kier molecular flexibility index (Phi) is 5.94. The zero-order chi connectivity index (χ0) is 19.4. The number of benzene rings is 2. The van der Waals surface area contributed by atoms with Gasteiger partial charge >= 0.3 is 5.97 Å². The minimum Gasteiger partial charge on any atom is -0.465 e. The highest BCUT2D eigenvalue weighted by molar-refractivity contribution is 7.89. The fourth-order valence-corrected chi connectivity index (χ4v) is 4.87. The Morgan fingerprint density at radius 2 is 1.63 bits per heavy atom. The molecule has 0 atom stereocenters. The lowest BCUT2D eigenvalue weighted by molar-refractivity contribution is 0.0596. The van der Waals surface area contributed by atoms with Crippen LogP contribution in [0, 0.1) is 6.92 Å². The van der Waals surface area contributed by atoms with Crippen LogP contribution in [0.25, 0.3) is 0 Å². The molecule has 7 heteroatoms. The van der Waals surface area contributed by atoms with E-state index in [0.29, 0.717) is 26.2 Å². The van der Waals surface area contributed by atoms with Gasteiger partial charge in [0.25, 0.3) is 0 Å². The maximum Gasteiger partial charge on any atom is 0.339 e. The van der Waals surface area contributed by atoms with Crippen molar-refractivity contribution in [3.05, 3.63) is 65.2 Å². The fraction of sp³-hybridized carbons (Fsp3) is 0.350. The lowest BCUT2D eigenvalue weighted by Crippen LogP contribution is -2.48. The van der Waals surface area contributed by atoms with Gasteiger partial charge in [0.05, 0.1) is 17.6 Å². The van der Waals surface area contributed by atoms with Crippen molar-refractivity contribution in [3.8, 4) is 0 Å². The quantitative estimate of drug-likeness (QED) is 0.735. The molecule has 0 saturated carbocycles. The second kappa shape index (κ2) is 8.21. The maximum absolute atomic E-state index is 13.0. The van der Waals surface area contributed by atoms with E-state index >= 15 is 0 Å². The first kappa shape index (κ1) is 19.5. The van der Waals surface area contributed by atoms with E-state index in [1.807, 2.05) is 12.1 Å². The molecule has 0 radical (unpaired) electrons. The minimum absolute atomic E-state index is 0.00389. The molecule has 0 unspecified atom stereocenters. The van der Waals surface area contributed by atoms with Crippen molar-refractivity contribution < 1.29 is 17.9 Å². The van der Waals surface area contributed by atoms with E-state index in [1.165, 1.54) is 34.7 Å². The van der Waals surface area contributed by atoms with Crippen LogP contribution < -0.4 is 0 Å². The summed E-state index contributed by atoms with van der Waals surface area (Å²) in [5.41, 5.74) is 2.56. The first-order valence-corrected chi connectivity index (χ1v) is 10.3. The second-order valence-corrected chi connectivity index (χ2v) is 8.50. The molecular weight excluding hydrogens is 364 g/mol. The zero-order valence-corrected chi connectivity index (χ0v) is 16.4. The van der Waals surface area contributed by atoms with Crippen molar-refractivity contribution in [2.45, 2.75) is 18.4 Å². The summed E-state index contributed by atoms with van der Waals surface area (Å²) in [7, 11) is -2.50. The normalized spacial score (nSPS) is 16.2. The Hall–Kier alpha value is -2.22. The SMILES string of the molecule is COC(=O)c1ccccc1S(=O)(=O)N1CCN(Cc2ccccc2C)CC1. The van der Waals surface area contributed by atoms with E-state index in [4.69, 9.17) is 4.74 Å². The number of carbonyl (C=O) groups is 1. The minimum atomic E-state index is -3.75. The summed E-state index contributed by atoms with van der Waals surface area (Å²) in [6, 6.07) is 14.4. The molecule has 0 N–H and O–H groups in total. The van der Waals surface area contributed by atoms with Gasteiger partial charge in [-0.15, -0.1) is 0 Å². The van der Waals surface area contributed by atoms with E-state index in [1.54, 1.807) is 12.1 Å². The number of ether oxygens (including phenoxy) is 1. The van der Waals surface area contributed by atoms with Crippen molar-refractivity contribution in [3.63, 3.8) is 0 Å². The number of esters is 1. The summed E-state index contributed by atoms with van der Waals surface area (Å²) in [4.78, 5) is 14.2. The van der Waals surface area contributed by atoms with Crippen LogP contribution in [-0.4, -0.2) is 56.9 Å². The molecule has 144 valence electrons. The molecule has 0 bridgehead atoms. The molecule has 2 aromatic carbocycles. The van der Waals surface area contributed by atoms with Crippen LogP contribution in [0.4, 0.5) is 0 Å². The highest BCUT2D eigenvalue weighted by Gasteiger charge is 2.31. The Labute approximate surface area is 160 Å². The molecule has 1 saturated heterocycles. The van der Waals surface area contributed by atoms with E-state index in [-0.39, 0.29) is 10.5 Å². The van der Waals surface area contributed by atoms with Crippen molar-refractivity contribution in [2.75, 3.05) is 33.3 Å². The molecule has 0 aromatic heterocycles. The predicted octanol–water partition coefficient (Wildman–Crippen LogP) is 2.29. The number of hydrogen-bond acceptors (Lipinski definition) is 5. The Balaban J connectivity index is 1.72. The summed E-state index contributed by atoms with van der Waals surface area (Å²) in [6.45, 7) is 4.97. The number of piperazine rings is 1. The van der Waals surface area contributed by atoms with Crippen LogP contribution in [0.3, 0.4) is 0 Å². The van der Waals surface area contributed by atoms with Gasteiger partial charge in [0.2, 0.25) is 10.0 Å². The summed E-state index contributed by atoms with van der Waals surface area (Å²) in [5, 5.41) is 0. The molecule has 0 spiro atoms. The van der Waals surface area contributed by atoms with Crippen LogP contribution in [0.15, 0.2) is 53.4 Å². The van der Waals surface area contributed by atoms with Gasteiger partial charge < -0.3 is 4.74 Å². The van der Waals surface area contributed by atoms with Gasteiger partial charge in [-0.2, -0.15) is 4.31 Å². The molecule has 6 nitrogen and oxygen atoms in total. The van der Waals surface area contributed by atoms with Crippen molar-refractivity contribution >= 4 is 16.0 Å². The summed E-state index contributed by atoms with van der Waals surface area (Å²) in [5.74, 6) is -0.646. The van der Waals surface area contributed by atoms with Crippen LogP contribution in [0.2, 0.25) is 0 Å². The highest BCUT2D eigenvalue weighted by Crippen LogP contribution is 2.23. The molecular formula is C20H24N2O4S. The van der Waals surface area contributed by atoms with Gasteiger partial charge in [0.1, 0.15) is 0 Å². The molecule has 1 fully saturated rings. The number of carbonyl (C=O) groups excluding carboxylic acids is 1. The molecule has 1 aliphatic rings. The molecule has 27 heavy (non-hydrogen) atoms. The average Bonchev–Trinajstić information content (AvgIpc) is 2.69. The van der Waals surface area contributed by atoms with Gasteiger partial charge in [-0.1, -0.05) is 36.4 Å². The number of hydrogen-bond donors (Lipinski definition) is 0. The third-order valence-corrected chi connectivity index (χ3v) is 6.85. The van der Waals surface area contributed by atoms with Gasteiger partial charge in [-0.3, -0.25) is 4.90 Å². The summed E-state index contributed by atoms with van der Waals surface area (Å²) in [6.07, 6.45) is 0. The first-order valence-electron chi connectivity index (χ1n) is 8.88. The van der Waals surface area contributed by atoms with Gasteiger partial charge in [0.15, 0.2) is 0 Å². The predicted molar refractivity (Wildman–Crippen MR) is 103 cm³/mol. The monoisotopic (exact) mass is 388 g/mol. The van der Waals surface area contributed by atoms with Gasteiger partial charge in [-0.05, 0) is 30.2 Å². The van der Waals surface area contributed by atoms with Crippen molar-refractivity contribution in [2.24, 2.45) is 0 Å². The molecule has 0 amide bonds. The zero-order valence-electron chi connectivity index (χ0n) is 15.6. The van der Waals surface area contributed by atoms with Crippen LogP contribution >= 0.6 is 0 Å². The first-order chi connectivity index (χ1) is 12.9. The highest BCUT2D eigenvalue weighted by atomic mass is 32.2.